The van der Waals surface area contributed by atoms with Gasteiger partial charge in [-0.15, -0.1) is 0 Å². The van der Waals surface area contributed by atoms with Gasteiger partial charge in [-0.05, 0) is 19.1 Å². The van der Waals surface area contributed by atoms with E-state index < -0.39 is 0 Å². The summed E-state index contributed by atoms with van der Waals surface area (Å²) in [6.45, 7) is 11.9. The van der Waals surface area contributed by atoms with Crippen molar-refractivity contribution in [2.75, 3.05) is 5.32 Å². The van der Waals surface area contributed by atoms with Crippen LogP contribution >= 0.6 is 0 Å². The summed E-state index contributed by atoms with van der Waals surface area (Å²) in [4.78, 5) is 14.6. The monoisotopic (exact) mass is 238 g/mol. The number of carbonyl (C=O) groups excluding carboxylic acids is 1. The Bertz CT molecular complexity index is 279. The number of aryl methyl sites for hydroxylation is 1. The van der Waals surface area contributed by atoms with Gasteiger partial charge in [-0.2, -0.15) is 0 Å². The fourth-order valence-electron chi connectivity index (χ4n) is 0.745. The van der Waals surface area contributed by atoms with Gasteiger partial charge in [-0.3, -0.25) is 9.78 Å². The molecular weight excluding hydrogens is 212 g/mol. The summed E-state index contributed by atoms with van der Waals surface area (Å²) in [6.07, 6.45) is 4.14. The summed E-state index contributed by atoms with van der Waals surface area (Å²) >= 11 is 0. The van der Waals surface area contributed by atoms with E-state index in [-0.39, 0.29) is 5.91 Å². The third-order valence-corrected chi connectivity index (χ3v) is 1.23. The molecule has 1 N–H and O–H groups in total. The molecule has 0 unspecified atom stereocenters. The Balaban J connectivity index is 0. The molecule has 0 aliphatic heterocycles. The Morgan fingerprint density at radius 1 is 1.18 bits per heavy atom. The number of nitrogens with one attached hydrogen (secondary N) is 1. The molecule has 0 aromatic carbocycles. The van der Waals surface area contributed by atoms with Gasteiger partial charge in [-0.1, -0.05) is 40.5 Å². The van der Waals surface area contributed by atoms with Crippen molar-refractivity contribution in [3.05, 3.63) is 24.0 Å². The highest BCUT2D eigenvalue weighted by Crippen LogP contribution is 2.04. The van der Waals surface area contributed by atoms with E-state index >= 15 is 0 Å². The van der Waals surface area contributed by atoms with Gasteiger partial charge in [0, 0.05) is 12.6 Å². The quantitative estimate of drug-likeness (QED) is 0.797. The van der Waals surface area contributed by atoms with Crippen LogP contribution in [0.4, 0.5) is 5.69 Å². The van der Waals surface area contributed by atoms with Gasteiger partial charge >= 0.3 is 0 Å². The zero-order valence-corrected chi connectivity index (χ0v) is 12.0. The number of hydrogen-bond acceptors (Lipinski definition) is 2. The third kappa shape index (κ3) is 14.6. The van der Waals surface area contributed by atoms with Crippen LogP contribution in [0.15, 0.2) is 18.3 Å². The van der Waals surface area contributed by atoms with E-state index in [1.807, 2.05) is 19.1 Å². The van der Waals surface area contributed by atoms with Crippen LogP contribution in [0.1, 0.15) is 53.2 Å². The van der Waals surface area contributed by atoms with Crippen LogP contribution in [0.5, 0.6) is 0 Å². The molecule has 0 saturated carbocycles. The minimum absolute atomic E-state index is 0.0735. The molecule has 3 heteroatoms. The van der Waals surface area contributed by atoms with Crippen LogP contribution in [-0.4, -0.2) is 10.9 Å². The first kappa shape index (κ1) is 18.0. The molecule has 0 aliphatic rings. The van der Waals surface area contributed by atoms with Crippen molar-refractivity contribution >= 4 is 11.6 Å². The molecule has 0 spiro atoms. The predicted octanol–water partition coefficient (Wildman–Crippen LogP) is 4.18. The number of rotatable bonds is 1. The van der Waals surface area contributed by atoms with Gasteiger partial charge in [0.15, 0.2) is 0 Å². The molecule has 0 aliphatic carbocycles. The van der Waals surface area contributed by atoms with E-state index in [0.717, 1.165) is 11.4 Å². The highest BCUT2D eigenvalue weighted by Gasteiger charge is 1.93. The first-order valence-corrected chi connectivity index (χ1v) is 6.21. The van der Waals surface area contributed by atoms with Crippen LogP contribution in [0, 0.1) is 6.92 Å². The van der Waals surface area contributed by atoms with Gasteiger partial charge in [0.25, 0.3) is 0 Å². The fourth-order valence-corrected chi connectivity index (χ4v) is 0.745. The minimum atomic E-state index is -0.0735. The van der Waals surface area contributed by atoms with Crippen molar-refractivity contribution in [3.63, 3.8) is 0 Å². The summed E-state index contributed by atoms with van der Waals surface area (Å²) in [6, 6.07) is 3.68. The average molecular weight is 238 g/mol. The number of aromatic nitrogens is 1. The van der Waals surface area contributed by atoms with E-state index in [9.17, 15) is 4.79 Å². The zero-order valence-electron chi connectivity index (χ0n) is 12.0. The Kier molecular flexibility index (Phi) is 13.4. The van der Waals surface area contributed by atoms with E-state index in [4.69, 9.17) is 0 Å². The average Bonchev–Trinajstić information content (AvgIpc) is 2.23. The Morgan fingerprint density at radius 3 is 1.94 bits per heavy atom. The van der Waals surface area contributed by atoms with Crippen LogP contribution < -0.4 is 5.32 Å². The van der Waals surface area contributed by atoms with Crippen LogP contribution in [0.25, 0.3) is 0 Å². The molecule has 1 heterocycles. The van der Waals surface area contributed by atoms with Crippen molar-refractivity contribution in [1.29, 1.82) is 0 Å². The molecule has 98 valence electrons. The standard InChI is InChI=1S/C8H10N2O.2C3H8/c1-6-3-4-8(5-9-6)10-7(2)11;2*1-3-2/h3-5H,1-2H3,(H,10,11);2*3H2,1-2H3. The molecule has 0 atom stereocenters. The number of pyridine rings is 1. The maximum absolute atomic E-state index is 10.6. The molecule has 17 heavy (non-hydrogen) atoms. The Hall–Kier alpha value is -1.38. The lowest BCUT2D eigenvalue weighted by molar-refractivity contribution is -0.114. The molecule has 1 aromatic heterocycles. The molecule has 3 nitrogen and oxygen atoms in total. The topological polar surface area (TPSA) is 42.0 Å². The smallest absolute Gasteiger partial charge is 0.221 e. The third-order valence-electron chi connectivity index (χ3n) is 1.23. The summed E-state index contributed by atoms with van der Waals surface area (Å²) in [5.41, 5.74) is 1.68. The van der Waals surface area contributed by atoms with Crippen molar-refractivity contribution in [2.45, 2.75) is 54.4 Å². The van der Waals surface area contributed by atoms with E-state index in [0.29, 0.717) is 0 Å². The molecule has 1 amide bonds. The summed E-state index contributed by atoms with van der Waals surface area (Å²) in [5, 5.41) is 2.63. The number of anilines is 1. The van der Waals surface area contributed by atoms with Crippen LogP contribution in [0.3, 0.4) is 0 Å². The largest absolute Gasteiger partial charge is 0.325 e. The van der Waals surface area contributed by atoms with E-state index in [2.05, 4.69) is 38.0 Å². The lowest BCUT2D eigenvalue weighted by Crippen LogP contribution is -2.05. The van der Waals surface area contributed by atoms with Crippen molar-refractivity contribution < 1.29 is 4.79 Å². The molecule has 0 fully saturated rings. The number of hydrogen-bond donors (Lipinski definition) is 1. The Labute approximate surface area is 106 Å². The normalized spacial score (nSPS) is 8.12. The van der Waals surface area contributed by atoms with E-state index in [1.54, 1.807) is 6.20 Å². The second kappa shape index (κ2) is 12.7. The molecule has 1 aromatic rings. The lowest BCUT2D eigenvalue weighted by atomic mass is 10.3. The Morgan fingerprint density at radius 2 is 1.65 bits per heavy atom. The summed E-state index contributed by atoms with van der Waals surface area (Å²) in [5.74, 6) is -0.0735. The van der Waals surface area contributed by atoms with Gasteiger partial charge in [0.1, 0.15) is 0 Å². The second-order valence-corrected chi connectivity index (χ2v) is 3.78. The lowest BCUT2D eigenvalue weighted by Gasteiger charge is -1.99. The SMILES string of the molecule is CC(=O)Nc1ccc(C)nc1.CCC.CCC. The number of nitrogens with zero attached hydrogens (tertiary/aromatic N) is 1. The van der Waals surface area contributed by atoms with Crippen LogP contribution in [0.2, 0.25) is 0 Å². The molecule has 0 bridgehead atoms. The molecular formula is C14H26N2O. The maximum atomic E-state index is 10.6. The van der Waals surface area contributed by atoms with Gasteiger partial charge in [-0.25, -0.2) is 0 Å². The second-order valence-electron chi connectivity index (χ2n) is 3.78. The first-order chi connectivity index (χ1) is 8.01. The highest BCUT2D eigenvalue weighted by molar-refractivity contribution is 5.88. The summed E-state index contributed by atoms with van der Waals surface area (Å²) < 4.78 is 0. The van der Waals surface area contributed by atoms with Gasteiger partial charge in [0.2, 0.25) is 5.91 Å². The van der Waals surface area contributed by atoms with Gasteiger partial charge in [0.05, 0.1) is 11.9 Å². The zero-order chi connectivity index (χ0) is 13.7. The van der Waals surface area contributed by atoms with Crippen molar-refractivity contribution in [1.82, 2.24) is 4.98 Å². The first-order valence-electron chi connectivity index (χ1n) is 6.21. The molecule has 1 rings (SSSR count). The van der Waals surface area contributed by atoms with Crippen LogP contribution in [-0.2, 0) is 4.79 Å². The minimum Gasteiger partial charge on any atom is -0.325 e. The number of amides is 1. The summed E-state index contributed by atoms with van der Waals surface area (Å²) in [7, 11) is 0. The van der Waals surface area contributed by atoms with Gasteiger partial charge < -0.3 is 5.32 Å². The fraction of sp³-hybridized carbons (Fsp3) is 0.571. The maximum Gasteiger partial charge on any atom is 0.221 e. The predicted molar refractivity (Wildman–Crippen MR) is 75.2 cm³/mol. The number of carbonyl (C=O) groups is 1. The molecule has 0 saturated heterocycles. The highest BCUT2D eigenvalue weighted by atomic mass is 16.1. The van der Waals surface area contributed by atoms with Crippen molar-refractivity contribution in [2.24, 2.45) is 0 Å². The van der Waals surface area contributed by atoms with Crippen molar-refractivity contribution in [3.8, 4) is 0 Å². The molecule has 0 radical (unpaired) electrons. The van der Waals surface area contributed by atoms with E-state index in [1.165, 1.54) is 19.8 Å².